The van der Waals surface area contributed by atoms with Crippen LogP contribution in [-0.2, 0) is 6.54 Å². The Morgan fingerprint density at radius 3 is 2.80 bits per heavy atom. The Morgan fingerprint density at radius 2 is 2.13 bits per heavy atom. The molecule has 1 aliphatic rings. The molecule has 0 spiro atoms. The monoisotopic (exact) mass is 224 g/mol. The molecule has 1 aliphatic carbocycles. The highest BCUT2D eigenvalue weighted by Gasteiger charge is 2.12. The van der Waals surface area contributed by atoms with Gasteiger partial charge in [-0.2, -0.15) is 0 Å². The second-order valence-corrected chi connectivity index (χ2v) is 5.43. The molecule has 0 bridgehead atoms. The van der Waals surface area contributed by atoms with Crippen molar-refractivity contribution in [2.75, 3.05) is 12.3 Å². The van der Waals surface area contributed by atoms with Gasteiger partial charge in [0.1, 0.15) is 0 Å². The minimum atomic E-state index is 0.903. The average molecular weight is 224 g/mol. The maximum Gasteiger partial charge on any atom is 0.0468 e. The quantitative estimate of drug-likeness (QED) is 0.825. The maximum atomic E-state index is 5.83. The lowest BCUT2D eigenvalue weighted by Gasteiger charge is -2.21. The summed E-state index contributed by atoms with van der Waals surface area (Å²) in [4.78, 5) is 1.28. The number of rotatable bonds is 4. The van der Waals surface area contributed by atoms with Crippen LogP contribution in [0.1, 0.15) is 37.0 Å². The van der Waals surface area contributed by atoms with Crippen molar-refractivity contribution in [3.63, 3.8) is 0 Å². The molecule has 0 aliphatic heterocycles. The van der Waals surface area contributed by atoms with Gasteiger partial charge in [-0.25, -0.2) is 0 Å². The summed E-state index contributed by atoms with van der Waals surface area (Å²) in [6.45, 7) is 2.11. The number of nitrogens with two attached hydrogens (primary N) is 1. The second-order valence-electron chi connectivity index (χ2n) is 4.43. The summed E-state index contributed by atoms with van der Waals surface area (Å²) in [6, 6.07) is 1.99. The lowest BCUT2D eigenvalue weighted by Crippen LogP contribution is -2.24. The molecule has 0 amide bonds. The lowest BCUT2D eigenvalue weighted by molar-refractivity contribution is 0.342. The van der Waals surface area contributed by atoms with Crippen molar-refractivity contribution in [1.29, 1.82) is 0 Å². The van der Waals surface area contributed by atoms with Gasteiger partial charge in [-0.3, -0.25) is 0 Å². The first-order chi connectivity index (χ1) is 7.36. The van der Waals surface area contributed by atoms with Gasteiger partial charge in [0.05, 0.1) is 0 Å². The summed E-state index contributed by atoms with van der Waals surface area (Å²) in [6.07, 6.45) is 7.11. The largest absolute Gasteiger partial charge is 0.398 e. The highest BCUT2D eigenvalue weighted by Crippen LogP contribution is 2.23. The Kier molecular flexibility index (Phi) is 4.03. The van der Waals surface area contributed by atoms with Crippen molar-refractivity contribution in [3.05, 3.63) is 16.3 Å². The van der Waals surface area contributed by atoms with Crippen LogP contribution in [0.25, 0.3) is 0 Å². The molecule has 84 valence electrons. The van der Waals surface area contributed by atoms with Crippen molar-refractivity contribution < 1.29 is 0 Å². The van der Waals surface area contributed by atoms with Gasteiger partial charge in [0, 0.05) is 17.1 Å². The van der Waals surface area contributed by atoms with Gasteiger partial charge >= 0.3 is 0 Å². The Hall–Kier alpha value is -0.540. The van der Waals surface area contributed by atoms with Crippen LogP contribution in [0.2, 0.25) is 0 Å². The van der Waals surface area contributed by atoms with Gasteiger partial charge in [0.25, 0.3) is 0 Å². The predicted molar refractivity (Wildman–Crippen MR) is 67.0 cm³/mol. The maximum absolute atomic E-state index is 5.83. The predicted octanol–water partition coefficient (Wildman–Crippen LogP) is 3.00. The summed E-state index contributed by atoms with van der Waals surface area (Å²) in [5.74, 6) is 0.903. The third-order valence-electron chi connectivity index (χ3n) is 3.22. The van der Waals surface area contributed by atoms with E-state index >= 15 is 0 Å². The third kappa shape index (κ3) is 3.21. The molecule has 0 aromatic carbocycles. The SMILES string of the molecule is Nc1ccsc1CNCC1CCCCC1. The first-order valence-electron chi connectivity index (χ1n) is 5.89. The van der Waals surface area contributed by atoms with Crippen LogP contribution in [0.5, 0.6) is 0 Å². The Bertz CT molecular complexity index is 290. The van der Waals surface area contributed by atoms with E-state index in [2.05, 4.69) is 10.7 Å². The zero-order valence-corrected chi connectivity index (χ0v) is 9.98. The molecule has 2 nitrogen and oxygen atoms in total. The van der Waals surface area contributed by atoms with Gasteiger partial charge in [0.15, 0.2) is 0 Å². The van der Waals surface area contributed by atoms with Crippen LogP contribution < -0.4 is 11.1 Å². The van der Waals surface area contributed by atoms with E-state index < -0.39 is 0 Å². The fourth-order valence-corrected chi connectivity index (χ4v) is 3.04. The molecule has 0 radical (unpaired) electrons. The van der Waals surface area contributed by atoms with Crippen molar-refractivity contribution in [3.8, 4) is 0 Å². The van der Waals surface area contributed by atoms with Crippen LogP contribution in [0.4, 0.5) is 5.69 Å². The van der Waals surface area contributed by atoms with Crippen molar-refractivity contribution in [2.24, 2.45) is 5.92 Å². The topological polar surface area (TPSA) is 38.0 Å². The van der Waals surface area contributed by atoms with E-state index in [1.807, 2.05) is 6.07 Å². The molecule has 0 saturated heterocycles. The van der Waals surface area contributed by atoms with E-state index in [4.69, 9.17) is 5.73 Å². The molecule has 0 unspecified atom stereocenters. The first-order valence-corrected chi connectivity index (χ1v) is 6.77. The molecule has 1 fully saturated rings. The number of thiophene rings is 1. The van der Waals surface area contributed by atoms with Crippen LogP contribution in [0, 0.1) is 5.92 Å². The molecule has 3 heteroatoms. The molecule has 1 aromatic heterocycles. The summed E-state index contributed by atoms with van der Waals surface area (Å²) in [7, 11) is 0. The van der Waals surface area contributed by atoms with Gasteiger partial charge in [-0.05, 0) is 36.8 Å². The van der Waals surface area contributed by atoms with E-state index in [9.17, 15) is 0 Å². The van der Waals surface area contributed by atoms with E-state index in [0.717, 1.165) is 24.7 Å². The molecule has 2 rings (SSSR count). The molecular weight excluding hydrogens is 204 g/mol. The van der Waals surface area contributed by atoms with Gasteiger partial charge in [0.2, 0.25) is 0 Å². The molecular formula is C12H20N2S. The van der Waals surface area contributed by atoms with Crippen LogP contribution in [-0.4, -0.2) is 6.54 Å². The average Bonchev–Trinajstić information content (AvgIpc) is 2.66. The van der Waals surface area contributed by atoms with Crippen molar-refractivity contribution >= 4 is 17.0 Å². The fourth-order valence-electron chi connectivity index (χ4n) is 2.28. The van der Waals surface area contributed by atoms with E-state index in [1.165, 1.54) is 37.0 Å². The summed E-state index contributed by atoms with van der Waals surface area (Å²) in [5.41, 5.74) is 6.77. The fraction of sp³-hybridized carbons (Fsp3) is 0.667. The van der Waals surface area contributed by atoms with Gasteiger partial charge < -0.3 is 11.1 Å². The van der Waals surface area contributed by atoms with E-state index in [1.54, 1.807) is 11.3 Å². The van der Waals surface area contributed by atoms with Crippen LogP contribution in [0.3, 0.4) is 0 Å². The third-order valence-corrected chi connectivity index (χ3v) is 4.16. The minimum absolute atomic E-state index is 0.903. The van der Waals surface area contributed by atoms with Gasteiger partial charge in [-0.1, -0.05) is 19.3 Å². The second kappa shape index (κ2) is 5.52. The number of nitrogen functional groups attached to an aromatic ring is 1. The van der Waals surface area contributed by atoms with E-state index in [-0.39, 0.29) is 0 Å². The van der Waals surface area contributed by atoms with E-state index in [0.29, 0.717) is 0 Å². The van der Waals surface area contributed by atoms with Crippen LogP contribution >= 0.6 is 11.3 Å². The number of anilines is 1. The molecule has 1 heterocycles. The summed E-state index contributed by atoms with van der Waals surface area (Å²) < 4.78 is 0. The van der Waals surface area contributed by atoms with Crippen LogP contribution in [0.15, 0.2) is 11.4 Å². The molecule has 15 heavy (non-hydrogen) atoms. The number of nitrogens with one attached hydrogen (secondary N) is 1. The zero-order valence-electron chi connectivity index (χ0n) is 9.17. The normalized spacial score (nSPS) is 18.1. The Balaban J connectivity index is 1.68. The zero-order chi connectivity index (χ0) is 10.5. The number of hydrogen-bond acceptors (Lipinski definition) is 3. The molecule has 3 N–H and O–H groups in total. The standard InChI is InChI=1S/C12H20N2S/c13-11-6-7-15-12(11)9-14-8-10-4-2-1-3-5-10/h6-7,10,14H,1-5,8-9,13H2. The Labute approximate surface area is 95.9 Å². The first kappa shape index (κ1) is 11.0. The summed E-state index contributed by atoms with van der Waals surface area (Å²) >= 11 is 1.75. The lowest BCUT2D eigenvalue weighted by atomic mass is 9.89. The Morgan fingerprint density at radius 1 is 1.33 bits per heavy atom. The van der Waals surface area contributed by atoms with Crippen molar-refractivity contribution in [1.82, 2.24) is 5.32 Å². The van der Waals surface area contributed by atoms with Gasteiger partial charge in [-0.15, -0.1) is 11.3 Å². The van der Waals surface area contributed by atoms with Crippen molar-refractivity contribution in [2.45, 2.75) is 38.6 Å². The highest BCUT2D eigenvalue weighted by molar-refractivity contribution is 7.10. The molecule has 0 atom stereocenters. The smallest absolute Gasteiger partial charge is 0.0468 e. The number of hydrogen-bond donors (Lipinski definition) is 2. The summed E-state index contributed by atoms with van der Waals surface area (Å²) in [5, 5.41) is 5.59. The minimum Gasteiger partial charge on any atom is -0.398 e. The molecule has 1 saturated carbocycles. The molecule has 1 aromatic rings. The highest BCUT2D eigenvalue weighted by atomic mass is 32.1.